The Labute approximate surface area is 113 Å². The van der Waals surface area contributed by atoms with Crippen molar-refractivity contribution in [3.8, 4) is 0 Å². The zero-order chi connectivity index (χ0) is 13.1. The summed E-state index contributed by atoms with van der Waals surface area (Å²) in [7, 11) is 0. The van der Waals surface area contributed by atoms with Gasteiger partial charge in [-0.2, -0.15) is 0 Å². The van der Waals surface area contributed by atoms with Crippen LogP contribution in [0, 0.1) is 6.92 Å². The normalized spacial score (nSPS) is 19.9. The van der Waals surface area contributed by atoms with Gasteiger partial charge in [-0.3, -0.25) is 0 Å². The second-order valence-electron chi connectivity index (χ2n) is 4.72. The van der Waals surface area contributed by atoms with Crippen LogP contribution in [0.15, 0.2) is 12.3 Å². The van der Waals surface area contributed by atoms with Crippen LogP contribution in [0.5, 0.6) is 0 Å². The summed E-state index contributed by atoms with van der Waals surface area (Å²) in [6.45, 7) is 3.03. The monoisotopic (exact) mass is 265 g/mol. The Kier molecular flexibility index (Phi) is 4.14. The molecule has 0 saturated carbocycles. The molecule has 1 atom stereocenters. The summed E-state index contributed by atoms with van der Waals surface area (Å²) in [6.07, 6.45) is 5.03. The number of anilines is 1. The van der Waals surface area contributed by atoms with Crippen LogP contribution in [0.25, 0.3) is 0 Å². The Morgan fingerprint density at radius 3 is 3.06 bits per heavy atom. The van der Waals surface area contributed by atoms with Gasteiger partial charge in [-0.25, -0.2) is 4.98 Å². The fraction of sp³-hybridized carbons (Fsp3) is 0.538. The molecule has 3 N–H and O–H groups in total. The predicted molar refractivity (Wildman–Crippen MR) is 76.9 cm³/mol. The summed E-state index contributed by atoms with van der Waals surface area (Å²) in [4.78, 5) is 6.95. The molecule has 1 unspecified atom stereocenters. The number of aryl methyl sites for hydroxylation is 1. The topological polar surface area (TPSA) is 62.4 Å². The Balaban J connectivity index is 2.42. The highest BCUT2D eigenvalue weighted by Crippen LogP contribution is 2.27. The zero-order valence-corrected chi connectivity index (χ0v) is 11.4. The van der Waals surface area contributed by atoms with E-state index in [1.165, 1.54) is 0 Å². The van der Waals surface area contributed by atoms with Crippen molar-refractivity contribution < 1.29 is 5.11 Å². The van der Waals surface area contributed by atoms with Crippen LogP contribution in [-0.4, -0.2) is 34.3 Å². The van der Waals surface area contributed by atoms with Crippen LogP contribution in [0.1, 0.15) is 30.4 Å². The summed E-state index contributed by atoms with van der Waals surface area (Å²) in [5.74, 6) is 0.821. The third-order valence-corrected chi connectivity index (χ3v) is 3.70. The van der Waals surface area contributed by atoms with Crippen molar-refractivity contribution in [2.24, 2.45) is 5.73 Å². The van der Waals surface area contributed by atoms with Crippen molar-refractivity contribution in [3.05, 3.63) is 23.4 Å². The van der Waals surface area contributed by atoms with Crippen LogP contribution in [0.2, 0.25) is 0 Å². The van der Waals surface area contributed by atoms with E-state index in [2.05, 4.69) is 9.88 Å². The smallest absolute Gasteiger partial charge is 0.139 e. The fourth-order valence-corrected chi connectivity index (χ4v) is 2.79. The first-order chi connectivity index (χ1) is 8.65. The first-order valence-corrected chi connectivity index (χ1v) is 6.69. The van der Waals surface area contributed by atoms with Crippen LogP contribution in [0.3, 0.4) is 0 Å². The summed E-state index contributed by atoms with van der Waals surface area (Å²) in [5.41, 5.74) is 7.69. The lowest BCUT2D eigenvalue weighted by Gasteiger charge is -2.36. The molecular formula is C13H19N3OS. The van der Waals surface area contributed by atoms with Crippen LogP contribution in [-0.2, 0) is 0 Å². The van der Waals surface area contributed by atoms with Gasteiger partial charge in [0.15, 0.2) is 0 Å². The number of aliphatic hydroxyl groups excluding tert-OH is 1. The fourth-order valence-electron chi connectivity index (χ4n) is 2.54. The molecule has 1 aromatic rings. The lowest BCUT2D eigenvalue weighted by molar-refractivity contribution is 0.239. The molecule has 1 aromatic heterocycles. The average molecular weight is 265 g/mol. The minimum atomic E-state index is 0.126. The number of aliphatic hydroxyl groups is 1. The maximum atomic E-state index is 9.49. The van der Waals surface area contributed by atoms with Crippen molar-refractivity contribution in [2.45, 2.75) is 32.2 Å². The van der Waals surface area contributed by atoms with Crippen molar-refractivity contribution in [3.63, 3.8) is 0 Å². The number of thiocarbonyl (C=S) groups is 1. The summed E-state index contributed by atoms with van der Waals surface area (Å²) in [5, 5.41) is 9.49. The average Bonchev–Trinajstić information content (AvgIpc) is 2.38. The van der Waals surface area contributed by atoms with Gasteiger partial charge in [-0.05, 0) is 37.8 Å². The number of nitrogens with zero attached hydrogens (tertiary/aromatic N) is 2. The van der Waals surface area contributed by atoms with E-state index in [-0.39, 0.29) is 12.6 Å². The molecule has 1 aliphatic heterocycles. The van der Waals surface area contributed by atoms with E-state index >= 15 is 0 Å². The van der Waals surface area contributed by atoms with Crippen LogP contribution < -0.4 is 10.6 Å². The minimum Gasteiger partial charge on any atom is -0.394 e. The summed E-state index contributed by atoms with van der Waals surface area (Å²) >= 11 is 5.13. The molecule has 0 radical (unpaired) electrons. The van der Waals surface area contributed by atoms with Gasteiger partial charge < -0.3 is 15.7 Å². The SMILES string of the molecule is Cc1ccnc(N2CCCCC2CO)c1C(N)=S. The third kappa shape index (κ3) is 2.47. The highest BCUT2D eigenvalue weighted by atomic mass is 32.1. The molecule has 1 saturated heterocycles. The molecule has 18 heavy (non-hydrogen) atoms. The molecule has 0 bridgehead atoms. The maximum absolute atomic E-state index is 9.49. The second-order valence-corrected chi connectivity index (χ2v) is 5.16. The number of nitrogens with two attached hydrogens (primary N) is 1. The van der Waals surface area contributed by atoms with E-state index in [1.807, 2.05) is 13.0 Å². The number of aromatic nitrogens is 1. The third-order valence-electron chi connectivity index (χ3n) is 3.50. The summed E-state index contributed by atoms with van der Waals surface area (Å²) < 4.78 is 0. The number of piperidine rings is 1. The molecule has 4 nitrogen and oxygen atoms in total. The number of hydrogen-bond acceptors (Lipinski definition) is 4. The number of pyridine rings is 1. The first kappa shape index (κ1) is 13.2. The lowest BCUT2D eigenvalue weighted by Crippen LogP contribution is -2.43. The summed E-state index contributed by atoms with van der Waals surface area (Å²) in [6, 6.07) is 2.04. The predicted octanol–water partition coefficient (Wildman–Crippen LogP) is 1.38. The molecule has 98 valence electrons. The zero-order valence-electron chi connectivity index (χ0n) is 10.6. The highest BCUT2D eigenvalue weighted by Gasteiger charge is 2.26. The lowest BCUT2D eigenvalue weighted by atomic mass is 10.0. The Morgan fingerprint density at radius 2 is 2.39 bits per heavy atom. The van der Waals surface area contributed by atoms with E-state index in [4.69, 9.17) is 18.0 Å². The van der Waals surface area contributed by atoms with Gasteiger partial charge in [-0.15, -0.1) is 0 Å². The second kappa shape index (κ2) is 5.63. The molecule has 2 rings (SSSR count). The number of hydrogen-bond donors (Lipinski definition) is 2. The Hall–Kier alpha value is -1.20. The molecule has 0 aliphatic carbocycles. The standard InChI is InChI=1S/C13H19N3OS/c1-9-5-6-15-13(11(9)12(14)18)16-7-3-2-4-10(16)8-17/h5-6,10,17H,2-4,7-8H2,1H3,(H2,14,18). The molecule has 0 amide bonds. The van der Waals surface area contributed by atoms with E-state index in [0.717, 1.165) is 42.8 Å². The van der Waals surface area contributed by atoms with Crippen molar-refractivity contribution in [1.82, 2.24) is 4.98 Å². The van der Waals surface area contributed by atoms with E-state index in [1.54, 1.807) is 6.20 Å². The van der Waals surface area contributed by atoms with Crippen molar-refractivity contribution in [2.75, 3.05) is 18.1 Å². The molecule has 2 heterocycles. The van der Waals surface area contributed by atoms with Gasteiger partial charge in [-0.1, -0.05) is 12.2 Å². The molecule has 1 aliphatic rings. The first-order valence-electron chi connectivity index (χ1n) is 6.28. The van der Waals surface area contributed by atoms with Gasteiger partial charge in [0.2, 0.25) is 0 Å². The minimum absolute atomic E-state index is 0.126. The molecular weight excluding hydrogens is 246 g/mol. The van der Waals surface area contributed by atoms with E-state index in [9.17, 15) is 5.11 Å². The van der Waals surface area contributed by atoms with Crippen LogP contribution in [0.4, 0.5) is 5.82 Å². The van der Waals surface area contributed by atoms with E-state index < -0.39 is 0 Å². The van der Waals surface area contributed by atoms with Gasteiger partial charge in [0, 0.05) is 12.7 Å². The van der Waals surface area contributed by atoms with Gasteiger partial charge in [0.25, 0.3) is 0 Å². The maximum Gasteiger partial charge on any atom is 0.139 e. The van der Waals surface area contributed by atoms with Crippen molar-refractivity contribution >= 4 is 23.0 Å². The largest absolute Gasteiger partial charge is 0.394 e. The molecule has 0 aromatic carbocycles. The van der Waals surface area contributed by atoms with Crippen molar-refractivity contribution in [1.29, 1.82) is 0 Å². The molecule has 5 heteroatoms. The quantitative estimate of drug-likeness (QED) is 0.808. The van der Waals surface area contributed by atoms with Gasteiger partial charge in [0.05, 0.1) is 18.2 Å². The Bertz CT molecular complexity index is 450. The van der Waals surface area contributed by atoms with Gasteiger partial charge in [0.1, 0.15) is 10.8 Å². The van der Waals surface area contributed by atoms with E-state index in [0.29, 0.717) is 4.99 Å². The highest BCUT2D eigenvalue weighted by molar-refractivity contribution is 7.80. The van der Waals surface area contributed by atoms with Gasteiger partial charge >= 0.3 is 0 Å². The molecule has 0 spiro atoms. The number of rotatable bonds is 3. The molecule has 1 fully saturated rings. The Morgan fingerprint density at radius 1 is 1.61 bits per heavy atom. The van der Waals surface area contributed by atoms with Crippen LogP contribution >= 0.6 is 12.2 Å².